The molecule has 0 fully saturated rings. The lowest BCUT2D eigenvalue weighted by atomic mass is 9.91. The molecule has 0 spiro atoms. The number of pyridine rings is 2. The van der Waals surface area contributed by atoms with Crippen molar-refractivity contribution in [3.05, 3.63) is 158 Å². The van der Waals surface area contributed by atoms with Gasteiger partial charge in [0, 0.05) is 22.5 Å². The highest BCUT2D eigenvalue weighted by Crippen LogP contribution is 2.39. The van der Waals surface area contributed by atoms with Crippen molar-refractivity contribution < 1.29 is 0 Å². The Balaban J connectivity index is 1.16. The van der Waals surface area contributed by atoms with Crippen LogP contribution in [-0.2, 0) is 0 Å². The zero-order chi connectivity index (χ0) is 29.0. The summed E-state index contributed by atoms with van der Waals surface area (Å²) in [7, 11) is 0. The smallest absolute Gasteiger partial charge is 0.0972 e. The number of fused-ring (bicyclic) bond motifs is 7. The second kappa shape index (κ2) is 9.86. The minimum atomic E-state index is 0.936. The van der Waals surface area contributed by atoms with Crippen LogP contribution >= 0.6 is 0 Å². The predicted molar refractivity (Wildman–Crippen MR) is 186 cm³/mol. The van der Waals surface area contributed by atoms with Crippen LogP contribution in [0.2, 0.25) is 0 Å². The molecule has 2 heteroatoms. The first-order valence-electron chi connectivity index (χ1n) is 15.0. The molecule has 0 unspecified atom stereocenters. The van der Waals surface area contributed by atoms with Crippen LogP contribution in [0.15, 0.2) is 158 Å². The van der Waals surface area contributed by atoms with E-state index in [0.29, 0.717) is 0 Å². The molecule has 2 aromatic heterocycles. The minimum absolute atomic E-state index is 0.936. The SMILES string of the molecule is c1ccc2c(c1)cc(-c1ccc(-c3ccc(-c4ccc5ccc6cccnc6c5n4)c4ccccc34)cc1)c1ccccc12. The Hall–Kier alpha value is -5.86. The van der Waals surface area contributed by atoms with E-state index < -0.39 is 0 Å². The quantitative estimate of drug-likeness (QED) is 0.202. The van der Waals surface area contributed by atoms with E-state index in [1.165, 1.54) is 54.6 Å². The fraction of sp³-hybridized carbons (Fsp3) is 0. The maximum atomic E-state index is 5.16. The van der Waals surface area contributed by atoms with Crippen LogP contribution in [0, 0.1) is 0 Å². The van der Waals surface area contributed by atoms with Crippen molar-refractivity contribution in [2.45, 2.75) is 0 Å². The van der Waals surface area contributed by atoms with Crippen molar-refractivity contribution in [1.29, 1.82) is 0 Å². The number of hydrogen-bond acceptors (Lipinski definition) is 2. The third kappa shape index (κ3) is 3.89. The average Bonchev–Trinajstić information content (AvgIpc) is 3.10. The zero-order valence-electron chi connectivity index (χ0n) is 23.9. The highest BCUT2D eigenvalue weighted by molar-refractivity contribution is 6.14. The van der Waals surface area contributed by atoms with Crippen molar-refractivity contribution in [2.75, 3.05) is 0 Å². The first kappa shape index (κ1) is 24.7. The van der Waals surface area contributed by atoms with E-state index in [1.807, 2.05) is 12.3 Å². The summed E-state index contributed by atoms with van der Waals surface area (Å²) in [5.41, 5.74) is 8.84. The third-order valence-corrected chi connectivity index (χ3v) is 8.91. The van der Waals surface area contributed by atoms with Gasteiger partial charge < -0.3 is 0 Å². The molecule has 9 rings (SSSR count). The number of benzene rings is 7. The van der Waals surface area contributed by atoms with Gasteiger partial charge in [-0.25, -0.2) is 4.98 Å². The lowest BCUT2D eigenvalue weighted by Crippen LogP contribution is -1.91. The normalized spacial score (nSPS) is 11.6. The number of aromatic nitrogens is 2. The van der Waals surface area contributed by atoms with Crippen LogP contribution in [-0.4, -0.2) is 9.97 Å². The molecular formula is C42H26N2. The molecule has 9 aromatic rings. The van der Waals surface area contributed by atoms with Gasteiger partial charge in [0.15, 0.2) is 0 Å². The first-order chi connectivity index (χ1) is 21.8. The van der Waals surface area contributed by atoms with E-state index >= 15 is 0 Å². The molecule has 44 heavy (non-hydrogen) atoms. The summed E-state index contributed by atoms with van der Waals surface area (Å²) in [4.78, 5) is 9.81. The Morgan fingerprint density at radius 1 is 0.341 bits per heavy atom. The van der Waals surface area contributed by atoms with Gasteiger partial charge in [-0.3, -0.25) is 4.98 Å². The molecule has 0 saturated heterocycles. The van der Waals surface area contributed by atoms with Crippen LogP contribution in [0.1, 0.15) is 0 Å². The van der Waals surface area contributed by atoms with Crippen molar-refractivity contribution in [1.82, 2.24) is 9.97 Å². The summed E-state index contributed by atoms with van der Waals surface area (Å²) in [6.45, 7) is 0. The van der Waals surface area contributed by atoms with Crippen LogP contribution in [0.5, 0.6) is 0 Å². The molecule has 2 nitrogen and oxygen atoms in total. The highest BCUT2D eigenvalue weighted by Gasteiger charge is 2.13. The minimum Gasteiger partial charge on any atom is -0.254 e. The summed E-state index contributed by atoms with van der Waals surface area (Å²) in [5.74, 6) is 0. The molecule has 0 saturated carbocycles. The molecule has 0 aliphatic rings. The number of hydrogen-bond donors (Lipinski definition) is 0. The molecule has 2 heterocycles. The van der Waals surface area contributed by atoms with Gasteiger partial charge in [0.25, 0.3) is 0 Å². The lowest BCUT2D eigenvalue weighted by Gasteiger charge is -2.14. The number of rotatable bonds is 3. The largest absolute Gasteiger partial charge is 0.254 e. The molecule has 204 valence electrons. The standard InChI is InChI=1S/C42H26N2/c1-2-10-32-31(8-1)26-39(37-14-6-4-11-34(32)37)28-17-15-27(16-18-28)33-22-23-38(36-13-5-3-12-35(33)36)40-24-21-30-20-19-29-9-7-25-43-41(29)42(30)44-40/h1-26H. The second-order valence-electron chi connectivity index (χ2n) is 11.4. The Morgan fingerprint density at radius 2 is 0.886 bits per heavy atom. The maximum Gasteiger partial charge on any atom is 0.0972 e. The third-order valence-electron chi connectivity index (χ3n) is 8.91. The fourth-order valence-corrected chi connectivity index (χ4v) is 6.77. The summed E-state index contributed by atoms with van der Waals surface area (Å²) in [6.07, 6.45) is 1.84. The van der Waals surface area contributed by atoms with E-state index in [-0.39, 0.29) is 0 Å². The highest BCUT2D eigenvalue weighted by atomic mass is 14.8. The van der Waals surface area contributed by atoms with E-state index in [0.717, 1.165) is 33.1 Å². The van der Waals surface area contributed by atoms with Gasteiger partial charge in [-0.2, -0.15) is 0 Å². The second-order valence-corrected chi connectivity index (χ2v) is 11.4. The van der Waals surface area contributed by atoms with Crippen molar-refractivity contribution >= 4 is 54.1 Å². The lowest BCUT2D eigenvalue weighted by molar-refractivity contribution is 1.37. The predicted octanol–water partition coefficient (Wildman–Crippen LogP) is 11.2. The van der Waals surface area contributed by atoms with E-state index in [1.54, 1.807) is 0 Å². The van der Waals surface area contributed by atoms with E-state index in [2.05, 4.69) is 151 Å². The Bertz CT molecular complexity index is 2550. The van der Waals surface area contributed by atoms with Crippen LogP contribution in [0.4, 0.5) is 0 Å². The van der Waals surface area contributed by atoms with Gasteiger partial charge in [0.1, 0.15) is 0 Å². The molecule has 0 bridgehead atoms. The molecule has 0 radical (unpaired) electrons. The monoisotopic (exact) mass is 558 g/mol. The summed E-state index contributed by atoms with van der Waals surface area (Å²) in [6, 6.07) is 54.4. The first-order valence-corrected chi connectivity index (χ1v) is 15.0. The average molecular weight is 559 g/mol. The molecule has 0 amide bonds. The maximum absolute atomic E-state index is 5.16. The van der Waals surface area contributed by atoms with Crippen LogP contribution in [0.3, 0.4) is 0 Å². The van der Waals surface area contributed by atoms with Gasteiger partial charge in [-0.1, -0.05) is 133 Å². The molecule has 7 aromatic carbocycles. The molecule has 0 N–H and O–H groups in total. The van der Waals surface area contributed by atoms with E-state index in [9.17, 15) is 0 Å². The number of nitrogens with zero attached hydrogens (tertiary/aromatic N) is 2. The zero-order valence-corrected chi connectivity index (χ0v) is 23.9. The van der Waals surface area contributed by atoms with Crippen LogP contribution in [0.25, 0.3) is 87.6 Å². The molecule has 0 aliphatic heterocycles. The van der Waals surface area contributed by atoms with Crippen molar-refractivity contribution in [2.24, 2.45) is 0 Å². The van der Waals surface area contributed by atoms with Gasteiger partial charge in [0.2, 0.25) is 0 Å². The summed E-state index contributed by atoms with van der Waals surface area (Å²) < 4.78 is 0. The molecule has 0 aliphatic carbocycles. The summed E-state index contributed by atoms with van der Waals surface area (Å²) >= 11 is 0. The van der Waals surface area contributed by atoms with Crippen LogP contribution < -0.4 is 0 Å². The van der Waals surface area contributed by atoms with Gasteiger partial charge in [-0.05, 0) is 72.8 Å². The fourth-order valence-electron chi connectivity index (χ4n) is 6.77. The van der Waals surface area contributed by atoms with Gasteiger partial charge >= 0.3 is 0 Å². The van der Waals surface area contributed by atoms with Gasteiger partial charge in [0.05, 0.1) is 16.7 Å². The Kier molecular flexibility index (Phi) is 5.54. The molecule has 0 atom stereocenters. The Morgan fingerprint density at radius 3 is 1.66 bits per heavy atom. The summed E-state index contributed by atoms with van der Waals surface area (Å²) in [5, 5.41) is 9.72. The Labute approximate surface area is 254 Å². The topological polar surface area (TPSA) is 25.8 Å². The van der Waals surface area contributed by atoms with E-state index in [4.69, 9.17) is 4.98 Å². The van der Waals surface area contributed by atoms with Gasteiger partial charge in [-0.15, -0.1) is 0 Å². The van der Waals surface area contributed by atoms with Crippen molar-refractivity contribution in [3.8, 4) is 33.5 Å². The molecular weight excluding hydrogens is 532 g/mol. The van der Waals surface area contributed by atoms with Crippen molar-refractivity contribution in [3.63, 3.8) is 0 Å².